The molecule has 2 aliphatic rings. The normalized spacial score (nSPS) is 19.5. The summed E-state index contributed by atoms with van der Waals surface area (Å²) in [5.74, 6) is 1.69. The van der Waals surface area contributed by atoms with E-state index in [4.69, 9.17) is 9.98 Å². The molecule has 2 unspecified atom stereocenters. The Labute approximate surface area is 209 Å². The van der Waals surface area contributed by atoms with Crippen molar-refractivity contribution < 1.29 is 4.39 Å². The number of hydrogen-bond acceptors (Lipinski definition) is 7. The molecular weight excluding hydrogens is 453 g/mol. The van der Waals surface area contributed by atoms with Crippen LogP contribution in [0.3, 0.4) is 0 Å². The van der Waals surface area contributed by atoms with Gasteiger partial charge in [0.2, 0.25) is 0 Å². The van der Waals surface area contributed by atoms with E-state index in [1.165, 1.54) is 6.07 Å². The molecule has 8 heteroatoms. The number of aliphatic imine (C=N–C) groups is 1. The molecule has 2 atom stereocenters. The van der Waals surface area contributed by atoms with E-state index in [2.05, 4.69) is 38.2 Å². The van der Waals surface area contributed by atoms with Crippen LogP contribution in [0.25, 0.3) is 11.4 Å². The number of aromatic nitrogens is 4. The number of anilines is 1. The number of nitrogens with zero attached hydrogens (tertiary/aromatic N) is 6. The quantitative estimate of drug-likeness (QED) is 0.468. The average molecular weight is 480 g/mol. The number of pyridine rings is 2. The van der Waals surface area contributed by atoms with Crippen molar-refractivity contribution in [2.75, 3.05) is 31.1 Å². The predicted octanol–water partition coefficient (Wildman–Crippen LogP) is 4.38. The lowest BCUT2D eigenvalue weighted by atomic mass is 9.76. The Bertz CT molecular complexity index is 1430. The largest absolute Gasteiger partial charge is 0.354 e. The van der Waals surface area contributed by atoms with Gasteiger partial charge in [0.05, 0.1) is 5.71 Å². The molecule has 7 nitrogen and oxygen atoms in total. The first kappa shape index (κ1) is 22.4. The van der Waals surface area contributed by atoms with Crippen molar-refractivity contribution in [3.63, 3.8) is 0 Å². The predicted molar refractivity (Wildman–Crippen MR) is 138 cm³/mol. The minimum absolute atomic E-state index is 0.0930. The molecule has 1 aromatic carbocycles. The standard InChI is InChI=1S/C28H26FN7/c1-18-25(22-6-4-9-32-28(22)35-26(18)21-5-2-3-7-23(21)29)19-15-20(17-31-16-19)27-33-10-8-24(34-27)36-13-11-30-12-14-36/h2-10,15-18,25,30H,11-14H2,1H3. The van der Waals surface area contributed by atoms with Crippen LogP contribution in [-0.4, -0.2) is 51.8 Å². The molecule has 1 fully saturated rings. The van der Waals surface area contributed by atoms with Gasteiger partial charge in [0.1, 0.15) is 11.6 Å². The number of fused-ring (bicyclic) bond motifs is 1. The molecule has 0 saturated carbocycles. The summed E-state index contributed by atoms with van der Waals surface area (Å²) in [5, 5.41) is 3.37. The van der Waals surface area contributed by atoms with Crippen LogP contribution in [0.5, 0.6) is 0 Å². The van der Waals surface area contributed by atoms with Gasteiger partial charge in [0.15, 0.2) is 11.6 Å². The minimum atomic E-state index is -0.286. The van der Waals surface area contributed by atoms with Gasteiger partial charge in [0.25, 0.3) is 0 Å². The Kier molecular flexibility index (Phi) is 5.95. The molecular formula is C28H26FN7. The molecule has 0 spiro atoms. The van der Waals surface area contributed by atoms with Crippen LogP contribution in [0, 0.1) is 11.7 Å². The van der Waals surface area contributed by atoms with Crippen molar-refractivity contribution in [3.8, 4) is 11.4 Å². The number of hydrogen-bond donors (Lipinski definition) is 1. The highest BCUT2D eigenvalue weighted by Crippen LogP contribution is 2.43. The first-order valence-corrected chi connectivity index (χ1v) is 12.2. The van der Waals surface area contributed by atoms with Gasteiger partial charge in [-0.05, 0) is 29.8 Å². The maximum absolute atomic E-state index is 14.8. The number of piperazine rings is 1. The SMILES string of the molecule is CC1C(c2ccccc2F)=Nc2ncccc2C1c1cncc(-c2nccc(N3CCNCC3)n2)c1. The molecule has 3 aromatic heterocycles. The zero-order valence-electron chi connectivity index (χ0n) is 20.0. The molecule has 1 saturated heterocycles. The van der Waals surface area contributed by atoms with E-state index in [-0.39, 0.29) is 17.7 Å². The van der Waals surface area contributed by atoms with E-state index in [1.807, 2.05) is 30.5 Å². The topological polar surface area (TPSA) is 79.2 Å². The molecule has 4 aromatic rings. The van der Waals surface area contributed by atoms with E-state index < -0.39 is 0 Å². The highest BCUT2D eigenvalue weighted by molar-refractivity contribution is 6.05. The molecule has 1 N–H and O–H groups in total. The third-order valence-electron chi connectivity index (χ3n) is 6.92. The molecule has 0 aliphatic carbocycles. The Morgan fingerprint density at radius 3 is 2.69 bits per heavy atom. The minimum Gasteiger partial charge on any atom is -0.354 e. The van der Waals surface area contributed by atoms with E-state index in [0.29, 0.717) is 22.9 Å². The van der Waals surface area contributed by atoms with Crippen LogP contribution in [0.2, 0.25) is 0 Å². The summed E-state index contributed by atoms with van der Waals surface area (Å²) in [6, 6.07) is 14.8. The summed E-state index contributed by atoms with van der Waals surface area (Å²) in [6.45, 7) is 5.79. The second kappa shape index (κ2) is 9.54. The van der Waals surface area contributed by atoms with E-state index in [0.717, 1.165) is 48.7 Å². The van der Waals surface area contributed by atoms with Crippen LogP contribution in [0.15, 0.2) is 78.3 Å². The third-order valence-corrected chi connectivity index (χ3v) is 6.92. The van der Waals surface area contributed by atoms with Crippen LogP contribution in [-0.2, 0) is 0 Å². The van der Waals surface area contributed by atoms with Gasteiger partial charge in [0, 0.05) is 79.5 Å². The average Bonchev–Trinajstić information content (AvgIpc) is 2.94. The molecule has 36 heavy (non-hydrogen) atoms. The van der Waals surface area contributed by atoms with Crippen molar-refractivity contribution in [3.05, 3.63) is 95.8 Å². The smallest absolute Gasteiger partial charge is 0.163 e. The maximum Gasteiger partial charge on any atom is 0.163 e. The lowest BCUT2D eigenvalue weighted by Crippen LogP contribution is -2.43. The molecule has 6 rings (SSSR count). The first-order valence-electron chi connectivity index (χ1n) is 12.2. The van der Waals surface area contributed by atoms with Crippen LogP contribution < -0.4 is 10.2 Å². The van der Waals surface area contributed by atoms with Crippen LogP contribution in [0.4, 0.5) is 16.0 Å². The fourth-order valence-electron chi connectivity index (χ4n) is 5.14. The molecule has 0 bridgehead atoms. The molecule has 180 valence electrons. The van der Waals surface area contributed by atoms with Gasteiger partial charge in [-0.1, -0.05) is 31.2 Å². The van der Waals surface area contributed by atoms with E-state index in [9.17, 15) is 4.39 Å². The van der Waals surface area contributed by atoms with Crippen molar-refractivity contribution in [1.29, 1.82) is 0 Å². The molecule has 2 aliphatic heterocycles. The lowest BCUT2D eigenvalue weighted by Gasteiger charge is -2.31. The molecule has 5 heterocycles. The number of rotatable bonds is 4. The van der Waals surface area contributed by atoms with Gasteiger partial charge in [-0.25, -0.2) is 24.3 Å². The van der Waals surface area contributed by atoms with Gasteiger partial charge in [-0.15, -0.1) is 0 Å². The third kappa shape index (κ3) is 4.13. The Balaban J connectivity index is 1.40. The first-order chi connectivity index (χ1) is 17.7. The summed E-state index contributed by atoms with van der Waals surface area (Å²) in [7, 11) is 0. The molecule has 0 amide bonds. The van der Waals surface area contributed by atoms with Crippen LogP contribution >= 0.6 is 0 Å². The van der Waals surface area contributed by atoms with Crippen molar-refractivity contribution in [2.24, 2.45) is 10.9 Å². The summed E-state index contributed by atoms with van der Waals surface area (Å²) < 4.78 is 14.8. The second-order valence-electron chi connectivity index (χ2n) is 9.14. The summed E-state index contributed by atoms with van der Waals surface area (Å²) in [6.07, 6.45) is 7.19. The lowest BCUT2D eigenvalue weighted by molar-refractivity contribution is 0.585. The fraction of sp³-hybridized carbons (Fsp3) is 0.250. The number of halogens is 1. The highest BCUT2D eigenvalue weighted by Gasteiger charge is 2.34. The van der Waals surface area contributed by atoms with E-state index >= 15 is 0 Å². The van der Waals surface area contributed by atoms with Crippen molar-refractivity contribution >= 4 is 17.3 Å². The van der Waals surface area contributed by atoms with E-state index in [1.54, 1.807) is 30.7 Å². The monoisotopic (exact) mass is 479 g/mol. The fourth-order valence-corrected chi connectivity index (χ4v) is 5.14. The number of nitrogens with one attached hydrogen (secondary N) is 1. The Hall–Kier alpha value is -4.04. The van der Waals surface area contributed by atoms with Gasteiger partial charge < -0.3 is 10.2 Å². The van der Waals surface area contributed by atoms with Crippen molar-refractivity contribution in [2.45, 2.75) is 12.8 Å². The Morgan fingerprint density at radius 1 is 0.972 bits per heavy atom. The van der Waals surface area contributed by atoms with Gasteiger partial charge in [-0.3, -0.25) is 4.98 Å². The van der Waals surface area contributed by atoms with Gasteiger partial charge >= 0.3 is 0 Å². The van der Waals surface area contributed by atoms with Crippen LogP contribution in [0.1, 0.15) is 29.5 Å². The second-order valence-corrected chi connectivity index (χ2v) is 9.14. The molecule has 0 radical (unpaired) electrons. The summed E-state index contributed by atoms with van der Waals surface area (Å²) in [5.41, 5.74) is 4.03. The Morgan fingerprint density at radius 2 is 1.83 bits per heavy atom. The zero-order valence-corrected chi connectivity index (χ0v) is 20.0. The summed E-state index contributed by atoms with van der Waals surface area (Å²) in [4.78, 5) is 25.5. The summed E-state index contributed by atoms with van der Waals surface area (Å²) >= 11 is 0. The zero-order chi connectivity index (χ0) is 24.5. The van der Waals surface area contributed by atoms with Crippen molar-refractivity contribution in [1.82, 2.24) is 25.3 Å². The maximum atomic E-state index is 14.8. The number of benzene rings is 1. The highest BCUT2D eigenvalue weighted by atomic mass is 19.1. The van der Waals surface area contributed by atoms with Gasteiger partial charge in [-0.2, -0.15) is 0 Å².